The summed E-state index contributed by atoms with van der Waals surface area (Å²) in [7, 11) is 0. The standard InChI is InChI=1S/C16H16N2O3/c17-14(9-11-5-2-1-3-6-11)15(19)18-13-8-4-7-12(10-13)16(20)21/h1-8,10,14H,9,17H2,(H,18,19)(H,20,21). The number of nitrogens with two attached hydrogens (primary N) is 1. The van der Waals surface area contributed by atoms with E-state index in [0.29, 0.717) is 12.1 Å². The number of carbonyl (C=O) groups is 2. The van der Waals surface area contributed by atoms with Crippen LogP contribution in [0, 0.1) is 0 Å². The van der Waals surface area contributed by atoms with Crippen molar-refractivity contribution in [3.63, 3.8) is 0 Å². The molecule has 0 aromatic heterocycles. The van der Waals surface area contributed by atoms with E-state index in [2.05, 4.69) is 5.32 Å². The largest absolute Gasteiger partial charge is 0.478 e. The lowest BCUT2D eigenvalue weighted by Crippen LogP contribution is -2.37. The first-order valence-electron chi connectivity index (χ1n) is 6.50. The maximum Gasteiger partial charge on any atom is 0.335 e. The number of anilines is 1. The number of nitrogens with one attached hydrogen (secondary N) is 1. The highest BCUT2D eigenvalue weighted by Gasteiger charge is 2.14. The Kier molecular flexibility index (Phi) is 4.68. The van der Waals surface area contributed by atoms with Crippen molar-refractivity contribution < 1.29 is 14.7 Å². The Balaban J connectivity index is 2.00. The molecule has 0 aliphatic heterocycles. The summed E-state index contributed by atoms with van der Waals surface area (Å²) in [4.78, 5) is 22.9. The van der Waals surface area contributed by atoms with Crippen LogP contribution in [0.2, 0.25) is 0 Å². The topological polar surface area (TPSA) is 92.4 Å². The van der Waals surface area contributed by atoms with Crippen LogP contribution in [0.5, 0.6) is 0 Å². The molecule has 0 aliphatic carbocycles. The lowest BCUT2D eigenvalue weighted by atomic mass is 10.1. The number of carbonyl (C=O) groups excluding carboxylic acids is 1. The highest BCUT2D eigenvalue weighted by atomic mass is 16.4. The minimum Gasteiger partial charge on any atom is -0.478 e. The zero-order valence-electron chi connectivity index (χ0n) is 11.3. The summed E-state index contributed by atoms with van der Waals surface area (Å²) in [5.41, 5.74) is 7.37. The monoisotopic (exact) mass is 284 g/mol. The third-order valence-corrected chi connectivity index (χ3v) is 3.01. The van der Waals surface area contributed by atoms with Gasteiger partial charge < -0.3 is 16.2 Å². The van der Waals surface area contributed by atoms with E-state index in [0.717, 1.165) is 5.56 Å². The van der Waals surface area contributed by atoms with Gasteiger partial charge in [0.05, 0.1) is 11.6 Å². The van der Waals surface area contributed by atoms with E-state index in [9.17, 15) is 9.59 Å². The van der Waals surface area contributed by atoms with Crippen LogP contribution in [-0.2, 0) is 11.2 Å². The van der Waals surface area contributed by atoms with E-state index in [1.54, 1.807) is 12.1 Å². The molecule has 1 atom stereocenters. The van der Waals surface area contributed by atoms with Crippen LogP contribution in [-0.4, -0.2) is 23.0 Å². The SMILES string of the molecule is NC(Cc1ccccc1)C(=O)Nc1cccc(C(=O)O)c1. The van der Waals surface area contributed by atoms with Gasteiger partial charge in [0.25, 0.3) is 0 Å². The Morgan fingerprint density at radius 3 is 2.48 bits per heavy atom. The van der Waals surface area contributed by atoms with Gasteiger partial charge >= 0.3 is 5.97 Å². The van der Waals surface area contributed by atoms with Gasteiger partial charge in [-0.2, -0.15) is 0 Å². The van der Waals surface area contributed by atoms with Crippen LogP contribution >= 0.6 is 0 Å². The molecule has 4 N–H and O–H groups in total. The van der Waals surface area contributed by atoms with Gasteiger partial charge in [-0.25, -0.2) is 4.79 Å². The molecule has 5 heteroatoms. The number of benzene rings is 2. The maximum absolute atomic E-state index is 12.0. The summed E-state index contributed by atoms with van der Waals surface area (Å²) < 4.78 is 0. The predicted octanol–water partition coefficient (Wildman–Crippen LogP) is 1.89. The van der Waals surface area contributed by atoms with Crippen molar-refractivity contribution in [1.82, 2.24) is 0 Å². The second-order valence-electron chi connectivity index (χ2n) is 4.67. The molecule has 0 spiro atoms. The van der Waals surface area contributed by atoms with Gasteiger partial charge in [-0.05, 0) is 30.2 Å². The third-order valence-electron chi connectivity index (χ3n) is 3.01. The lowest BCUT2D eigenvalue weighted by Gasteiger charge is -2.12. The number of amides is 1. The molecule has 0 bridgehead atoms. The fourth-order valence-electron chi connectivity index (χ4n) is 1.93. The Morgan fingerprint density at radius 2 is 1.81 bits per heavy atom. The van der Waals surface area contributed by atoms with Crippen molar-refractivity contribution in [2.24, 2.45) is 5.73 Å². The molecule has 108 valence electrons. The highest BCUT2D eigenvalue weighted by Crippen LogP contribution is 2.11. The van der Waals surface area contributed by atoms with Crippen LogP contribution in [0.4, 0.5) is 5.69 Å². The number of carboxylic acids is 1. The van der Waals surface area contributed by atoms with E-state index >= 15 is 0 Å². The predicted molar refractivity (Wildman–Crippen MR) is 80.2 cm³/mol. The number of hydrogen-bond donors (Lipinski definition) is 3. The summed E-state index contributed by atoms with van der Waals surface area (Å²) >= 11 is 0. The van der Waals surface area contributed by atoms with Gasteiger partial charge in [-0.15, -0.1) is 0 Å². The van der Waals surface area contributed by atoms with Gasteiger partial charge in [-0.3, -0.25) is 4.79 Å². The quantitative estimate of drug-likeness (QED) is 0.781. The molecule has 0 saturated heterocycles. The van der Waals surface area contributed by atoms with Crippen molar-refractivity contribution in [3.8, 4) is 0 Å². The number of aromatic carboxylic acids is 1. The summed E-state index contributed by atoms with van der Waals surface area (Å²) in [6, 6.07) is 14.8. The van der Waals surface area contributed by atoms with Gasteiger partial charge in [0.1, 0.15) is 0 Å². The average Bonchev–Trinajstić information content (AvgIpc) is 2.48. The molecule has 2 aromatic rings. The lowest BCUT2D eigenvalue weighted by molar-refractivity contribution is -0.117. The van der Waals surface area contributed by atoms with E-state index in [4.69, 9.17) is 10.8 Å². The average molecular weight is 284 g/mol. The Labute approximate surface area is 122 Å². The summed E-state index contributed by atoms with van der Waals surface area (Å²) in [6.07, 6.45) is 0.422. The fraction of sp³-hybridized carbons (Fsp3) is 0.125. The minimum absolute atomic E-state index is 0.115. The van der Waals surface area contributed by atoms with Gasteiger partial charge in [0, 0.05) is 5.69 Å². The first kappa shape index (κ1) is 14.7. The Bertz CT molecular complexity index is 641. The minimum atomic E-state index is -1.04. The smallest absolute Gasteiger partial charge is 0.335 e. The van der Waals surface area contributed by atoms with Crippen LogP contribution in [0.3, 0.4) is 0 Å². The Hall–Kier alpha value is -2.66. The van der Waals surface area contributed by atoms with Crippen LogP contribution in [0.1, 0.15) is 15.9 Å². The zero-order valence-corrected chi connectivity index (χ0v) is 11.3. The van der Waals surface area contributed by atoms with Crippen LogP contribution < -0.4 is 11.1 Å². The number of rotatable bonds is 5. The number of carboxylic acid groups (broad SMARTS) is 1. The molecule has 1 unspecified atom stereocenters. The first-order chi connectivity index (χ1) is 10.1. The molecule has 21 heavy (non-hydrogen) atoms. The van der Waals surface area contributed by atoms with Crippen molar-refractivity contribution in [1.29, 1.82) is 0 Å². The molecular formula is C16H16N2O3. The first-order valence-corrected chi connectivity index (χ1v) is 6.50. The molecule has 2 rings (SSSR count). The van der Waals surface area contributed by atoms with Crippen molar-refractivity contribution in [2.75, 3.05) is 5.32 Å². The summed E-state index contributed by atoms with van der Waals surface area (Å²) in [5.74, 6) is -1.39. The molecule has 0 fully saturated rings. The van der Waals surface area contributed by atoms with Crippen LogP contribution in [0.25, 0.3) is 0 Å². The van der Waals surface area contributed by atoms with Gasteiger partial charge in [0.2, 0.25) is 5.91 Å². The summed E-state index contributed by atoms with van der Waals surface area (Å²) in [5, 5.41) is 11.5. The summed E-state index contributed by atoms with van der Waals surface area (Å²) in [6.45, 7) is 0. The molecule has 5 nitrogen and oxygen atoms in total. The van der Waals surface area contributed by atoms with Crippen molar-refractivity contribution in [3.05, 3.63) is 65.7 Å². The van der Waals surface area contributed by atoms with E-state index in [-0.39, 0.29) is 11.5 Å². The maximum atomic E-state index is 12.0. The third kappa shape index (κ3) is 4.15. The van der Waals surface area contributed by atoms with Gasteiger partial charge in [-0.1, -0.05) is 36.4 Å². The van der Waals surface area contributed by atoms with E-state index in [1.807, 2.05) is 30.3 Å². The van der Waals surface area contributed by atoms with E-state index < -0.39 is 12.0 Å². The molecule has 2 aromatic carbocycles. The van der Waals surface area contributed by atoms with Crippen LogP contribution in [0.15, 0.2) is 54.6 Å². The molecule has 0 heterocycles. The second-order valence-corrected chi connectivity index (χ2v) is 4.67. The fourth-order valence-corrected chi connectivity index (χ4v) is 1.93. The highest BCUT2D eigenvalue weighted by molar-refractivity contribution is 5.96. The number of hydrogen-bond acceptors (Lipinski definition) is 3. The molecular weight excluding hydrogens is 268 g/mol. The molecule has 0 saturated carbocycles. The molecule has 0 aliphatic rings. The zero-order chi connectivity index (χ0) is 15.2. The molecule has 0 radical (unpaired) electrons. The van der Waals surface area contributed by atoms with Crippen molar-refractivity contribution in [2.45, 2.75) is 12.5 Å². The Morgan fingerprint density at radius 1 is 1.10 bits per heavy atom. The second kappa shape index (κ2) is 6.67. The van der Waals surface area contributed by atoms with Crippen molar-refractivity contribution >= 4 is 17.6 Å². The molecule has 1 amide bonds. The van der Waals surface area contributed by atoms with Gasteiger partial charge in [0.15, 0.2) is 0 Å². The normalized spacial score (nSPS) is 11.7. The van der Waals surface area contributed by atoms with E-state index in [1.165, 1.54) is 12.1 Å².